The third-order valence-electron chi connectivity index (χ3n) is 8.71. The van der Waals surface area contributed by atoms with E-state index in [0.29, 0.717) is 16.9 Å². The van der Waals surface area contributed by atoms with E-state index in [1.807, 2.05) is 164 Å². The quantitative estimate of drug-likeness (QED) is 0.175. The first-order valence-corrected chi connectivity index (χ1v) is 16.2. The fourth-order valence-electron chi connectivity index (χ4n) is 6.05. The van der Waals surface area contributed by atoms with Crippen LogP contribution in [-0.2, 0) is 0 Å². The molecule has 0 unspecified atom stereocenters. The van der Waals surface area contributed by atoms with Crippen LogP contribution in [0.15, 0.2) is 188 Å². The first kappa shape index (κ1) is 31.1. The van der Waals surface area contributed by atoms with Gasteiger partial charge in [-0.25, -0.2) is 9.69 Å². The van der Waals surface area contributed by atoms with Crippen LogP contribution < -0.4 is 9.80 Å². The maximum Gasteiger partial charge on any atom is 0.335 e. The number of anilines is 2. The van der Waals surface area contributed by atoms with Gasteiger partial charge in [-0.2, -0.15) is 0 Å². The van der Waals surface area contributed by atoms with Crippen LogP contribution in [0.1, 0.15) is 10.4 Å². The molecule has 49 heavy (non-hydrogen) atoms. The molecule has 0 radical (unpaired) electrons. The number of urea groups is 1. The SMILES string of the molecule is CN(C(=O)N(C(=O)c1ccc(-c2ccccc2)c(-c2ccccc2)c1)c1ccc(-c2ccccc2)cc1)c1ccc(-c2ccccc2)cc1. The van der Waals surface area contributed by atoms with Crippen molar-refractivity contribution in [3.63, 3.8) is 0 Å². The average Bonchev–Trinajstić information content (AvgIpc) is 3.19. The standard InChI is InChI=1S/C45H34N2O2/c1-46(40-27-22-35(23-28-40)33-14-6-2-7-15-33)45(49)47(41-29-24-36(25-30-41)34-16-8-3-9-17-34)44(48)39-26-31-42(37-18-10-4-11-19-37)43(32-39)38-20-12-5-13-21-38/h2-32H,1H3. The minimum absolute atomic E-state index is 0.409. The van der Waals surface area contributed by atoms with Crippen molar-refractivity contribution in [2.75, 3.05) is 16.8 Å². The van der Waals surface area contributed by atoms with Crippen LogP contribution >= 0.6 is 0 Å². The topological polar surface area (TPSA) is 40.6 Å². The minimum atomic E-state index is -0.460. The Bertz CT molecular complexity index is 2180. The number of benzene rings is 7. The molecule has 0 aromatic heterocycles. The number of rotatable bonds is 7. The fraction of sp³-hybridized carbons (Fsp3) is 0.0222. The van der Waals surface area contributed by atoms with Gasteiger partial charge in [0.1, 0.15) is 0 Å². The maximum absolute atomic E-state index is 14.6. The molecule has 7 aromatic carbocycles. The number of nitrogens with zero attached hydrogens (tertiary/aromatic N) is 2. The number of imide groups is 1. The van der Waals surface area contributed by atoms with E-state index in [4.69, 9.17) is 0 Å². The number of carbonyl (C=O) groups is 2. The van der Waals surface area contributed by atoms with Crippen molar-refractivity contribution in [2.24, 2.45) is 0 Å². The van der Waals surface area contributed by atoms with E-state index in [0.717, 1.165) is 44.5 Å². The van der Waals surface area contributed by atoms with Crippen molar-refractivity contribution in [1.82, 2.24) is 0 Å². The molecule has 0 fully saturated rings. The highest BCUT2D eigenvalue weighted by Crippen LogP contribution is 2.34. The molecule has 7 rings (SSSR count). The minimum Gasteiger partial charge on any atom is -0.297 e. The van der Waals surface area contributed by atoms with Crippen LogP contribution in [-0.4, -0.2) is 19.0 Å². The van der Waals surface area contributed by atoms with Crippen LogP contribution in [0.25, 0.3) is 44.5 Å². The zero-order chi connectivity index (χ0) is 33.6. The normalized spacial score (nSPS) is 10.7. The number of hydrogen-bond donors (Lipinski definition) is 0. The predicted octanol–water partition coefficient (Wildman–Crippen LogP) is 11.3. The van der Waals surface area contributed by atoms with E-state index < -0.39 is 11.9 Å². The summed E-state index contributed by atoms with van der Waals surface area (Å²) in [6.07, 6.45) is 0. The number of carbonyl (C=O) groups excluding carboxylic acids is 2. The molecule has 0 saturated carbocycles. The van der Waals surface area contributed by atoms with E-state index in [1.54, 1.807) is 7.05 Å². The van der Waals surface area contributed by atoms with Crippen LogP contribution in [0.5, 0.6) is 0 Å². The highest BCUT2D eigenvalue weighted by molar-refractivity contribution is 6.24. The van der Waals surface area contributed by atoms with Gasteiger partial charge in [0, 0.05) is 18.3 Å². The summed E-state index contributed by atoms with van der Waals surface area (Å²) in [4.78, 5) is 31.9. The lowest BCUT2D eigenvalue weighted by atomic mass is 9.92. The molecule has 3 amide bonds. The highest BCUT2D eigenvalue weighted by atomic mass is 16.2. The molecule has 0 heterocycles. The summed E-state index contributed by atoms with van der Waals surface area (Å²) in [5, 5.41) is 0. The maximum atomic E-state index is 14.6. The summed E-state index contributed by atoms with van der Waals surface area (Å²) in [7, 11) is 1.70. The molecule has 236 valence electrons. The molecule has 0 saturated heterocycles. The number of amides is 3. The molecule has 0 aliphatic heterocycles. The lowest BCUT2D eigenvalue weighted by Crippen LogP contribution is -2.45. The molecular weight excluding hydrogens is 601 g/mol. The van der Waals surface area contributed by atoms with Crippen molar-refractivity contribution >= 4 is 23.3 Å². The first-order chi connectivity index (χ1) is 24.1. The molecule has 0 atom stereocenters. The van der Waals surface area contributed by atoms with Gasteiger partial charge in [0.25, 0.3) is 5.91 Å². The van der Waals surface area contributed by atoms with Gasteiger partial charge in [0.15, 0.2) is 0 Å². The van der Waals surface area contributed by atoms with Crippen LogP contribution in [0, 0.1) is 0 Å². The molecule has 0 bridgehead atoms. The van der Waals surface area contributed by atoms with E-state index in [1.165, 1.54) is 9.80 Å². The molecule has 4 nitrogen and oxygen atoms in total. The Morgan fingerprint density at radius 3 is 1.24 bits per heavy atom. The van der Waals surface area contributed by atoms with Crippen molar-refractivity contribution in [2.45, 2.75) is 0 Å². The Hall–Kier alpha value is -6.52. The largest absolute Gasteiger partial charge is 0.335 e. The van der Waals surface area contributed by atoms with E-state index in [9.17, 15) is 9.59 Å². The second-order valence-electron chi connectivity index (χ2n) is 11.8. The van der Waals surface area contributed by atoms with Crippen LogP contribution in [0.3, 0.4) is 0 Å². The lowest BCUT2D eigenvalue weighted by molar-refractivity contribution is 0.0995. The molecule has 0 N–H and O–H groups in total. The van der Waals surface area contributed by atoms with E-state index >= 15 is 0 Å². The van der Waals surface area contributed by atoms with Gasteiger partial charge >= 0.3 is 6.03 Å². The monoisotopic (exact) mass is 634 g/mol. The summed E-state index contributed by atoms with van der Waals surface area (Å²) < 4.78 is 0. The summed E-state index contributed by atoms with van der Waals surface area (Å²) in [5.41, 5.74) is 9.69. The van der Waals surface area contributed by atoms with Crippen molar-refractivity contribution < 1.29 is 9.59 Å². The third kappa shape index (κ3) is 6.67. The van der Waals surface area contributed by atoms with Gasteiger partial charge in [-0.05, 0) is 80.9 Å². The van der Waals surface area contributed by atoms with Crippen LogP contribution in [0.4, 0.5) is 16.2 Å². The van der Waals surface area contributed by atoms with Crippen molar-refractivity contribution in [3.05, 3.63) is 194 Å². The summed E-state index contributed by atoms with van der Waals surface area (Å²) >= 11 is 0. The van der Waals surface area contributed by atoms with Crippen LogP contribution in [0.2, 0.25) is 0 Å². The Morgan fingerprint density at radius 2 is 0.776 bits per heavy atom. The van der Waals surface area contributed by atoms with Gasteiger partial charge in [-0.15, -0.1) is 0 Å². The summed E-state index contributed by atoms with van der Waals surface area (Å²) in [5.74, 6) is -0.415. The average molecular weight is 635 g/mol. The first-order valence-electron chi connectivity index (χ1n) is 16.2. The summed E-state index contributed by atoms with van der Waals surface area (Å²) in [6.45, 7) is 0. The molecule has 4 heteroatoms. The van der Waals surface area contributed by atoms with E-state index in [2.05, 4.69) is 24.3 Å². The highest BCUT2D eigenvalue weighted by Gasteiger charge is 2.29. The molecule has 0 spiro atoms. The summed E-state index contributed by atoms with van der Waals surface area (Å²) in [6, 6.07) is 60.8. The second kappa shape index (κ2) is 14.1. The van der Waals surface area contributed by atoms with Crippen molar-refractivity contribution in [1.29, 1.82) is 0 Å². The zero-order valence-corrected chi connectivity index (χ0v) is 27.1. The molecule has 0 aliphatic carbocycles. The van der Waals surface area contributed by atoms with Gasteiger partial charge < -0.3 is 0 Å². The second-order valence-corrected chi connectivity index (χ2v) is 11.8. The fourth-order valence-corrected chi connectivity index (χ4v) is 6.05. The smallest absolute Gasteiger partial charge is 0.297 e. The lowest BCUT2D eigenvalue weighted by Gasteiger charge is -2.28. The van der Waals surface area contributed by atoms with Gasteiger partial charge in [0.05, 0.1) is 5.69 Å². The van der Waals surface area contributed by atoms with Gasteiger partial charge in [-0.3, -0.25) is 9.69 Å². The molecule has 7 aromatic rings. The third-order valence-corrected chi connectivity index (χ3v) is 8.71. The Kier molecular flexibility index (Phi) is 8.94. The van der Waals surface area contributed by atoms with E-state index in [-0.39, 0.29) is 0 Å². The Balaban J connectivity index is 1.28. The Labute approximate surface area is 287 Å². The van der Waals surface area contributed by atoms with Crippen molar-refractivity contribution in [3.8, 4) is 44.5 Å². The molecular formula is C45H34N2O2. The van der Waals surface area contributed by atoms with Gasteiger partial charge in [0.2, 0.25) is 0 Å². The number of hydrogen-bond acceptors (Lipinski definition) is 2. The Morgan fingerprint density at radius 1 is 0.388 bits per heavy atom. The predicted molar refractivity (Wildman–Crippen MR) is 202 cm³/mol. The van der Waals surface area contributed by atoms with Gasteiger partial charge in [-0.1, -0.05) is 152 Å². The zero-order valence-electron chi connectivity index (χ0n) is 27.1. The molecule has 0 aliphatic rings.